The van der Waals surface area contributed by atoms with Crippen LogP contribution < -0.4 is 0 Å². The van der Waals surface area contributed by atoms with Crippen molar-refractivity contribution in [3.63, 3.8) is 0 Å². The van der Waals surface area contributed by atoms with E-state index >= 15 is 0 Å². The average Bonchev–Trinajstić information content (AvgIpc) is 2.03. The Hall–Kier alpha value is -0.760. The van der Waals surface area contributed by atoms with Crippen molar-refractivity contribution in [3.05, 3.63) is 23.4 Å². The molecule has 0 fully saturated rings. The van der Waals surface area contributed by atoms with Crippen molar-refractivity contribution < 1.29 is 0 Å². The van der Waals surface area contributed by atoms with Gasteiger partial charge in [-0.05, 0) is 36.9 Å². The van der Waals surface area contributed by atoms with Crippen LogP contribution in [0.4, 0.5) is 0 Å². The van der Waals surface area contributed by atoms with Crippen molar-refractivity contribution in [1.29, 1.82) is 0 Å². The van der Waals surface area contributed by atoms with Crippen molar-refractivity contribution in [2.24, 2.45) is 0 Å². The molecule has 0 radical (unpaired) electrons. The number of likely N-dealkylation sites (N-methyl/N-ethyl adjacent to an activating group) is 2. The summed E-state index contributed by atoms with van der Waals surface area (Å²) in [5.41, 5.74) is 3.18. The highest BCUT2D eigenvalue weighted by Gasteiger charge is 2.17. The highest BCUT2D eigenvalue weighted by molar-refractivity contribution is 5.32. The van der Waals surface area contributed by atoms with E-state index in [4.69, 9.17) is 0 Å². The zero-order valence-electron chi connectivity index (χ0n) is 7.88. The first-order chi connectivity index (χ1) is 5.75. The van der Waals surface area contributed by atoms with Gasteiger partial charge in [0, 0.05) is 26.7 Å². The zero-order valence-corrected chi connectivity index (χ0v) is 7.88. The van der Waals surface area contributed by atoms with Gasteiger partial charge in [-0.2, -0.15) is 0 Å². The minimum atomic E-state index is 1.12. The quantitative estimate of drug-likeness (QED) is 0.528. The third kappa shape index (κ3) is 1.39. The molecule has 0 atom stereocenters. The second-order valence-electron chi connectivity index (χ2n) is 3.85. The van der Waals surface area contributed by atoms with Gasteiger partial charge < -0.3 is 9.80 Å². The van der Waals surface area contributed by atoms with Gasteiger partial charge in [-0.25, -0.2) is 0 Å². The van der Waals surface area contributed by atoms with Crippen molar-refractivity contribution in [1.82, 2.24) is 9.80 Å². The van der Waals surface area contributed by atoms with E-state index in [-0.39, 0.29) is 0 Å². The zero-order chi connectivity index (χ0) is 8.55. The lowest BCUT2D eigenvalue weighted by atomic mass is 9.98. The number of nitrogens with zero attached hydrogens (tertiary/aromatic N) is 2. The molecule has 0 aromatic rings. The van der Waals surface area contributed by atoms with Crippen LogP contribution in [0.25, 0.3) is 0 Å². The first-order valence-electron chi connectivity index (χ1n) is 4.53. The van der Waals surface area contributed by atoms with E-state index in [1.165, 1.54) is 13.0 Å². The Labute approximate surface area is 74.2 Å². The average molecular weight is 164 g/mol. The van der Waals surface area contributed by atoms with Gasteiger partial charge in [0.1, 0.15) is 0 Å². The summed E-state index contributed by atoms with van der Waals surface area (Å²) in [4.78, 5) is 4.64. The molecule has 0 saturated heterocycles. The number of hydrogen-bond donors (Lipinski definition) is 0. The van der Waals surface area contributed by atoms with Crippen molar-refractivity contribution in [3.8, 4) is 0 Å². The van der Waals surface area contributed by atoms with E-state index in [0.717, 1.165) is 13.1 Å². The summed E-state index contributed by atoms with van der Waals surface area (Å²) in [5, 5.41) is 0. The van der Waals surface area contributed by atoms with E-state index in [1.54, 1.807) is 11.1 Å². The van der Waals surface area contributed by atoms with E-state index in [2.05, 4.69) is 36.2 Å². The summed E-state index contributed by atoms with van der Waals surface area (Å²) in [6.07, 6.45) is 5.69. The van der Waals surface area contributed by atoms with E-state index in [1.807, 2.05) is 0 Å². The van der Waals surface area contributed by atoms with Crippen LogP contribution in [0.3, 0.4) is 0 Å². The Morgan fingerprint density at radius 1 is 1.25 bits per heavy atom. The van der Waals surface area contributed by atoms with Gasteiger partial charge >= 0.3 is 0 Å². The van der Waals surface area contributed by atoms with Crippen LogP contribution in [0.1, 0.15) is 6.42 Å². The van der Waals surface area contributed by atoms with Gasteiger partial charge in [0.2, 0.25) is 0 Å². The van der Waals surface area contributed by atoms with Crippen LogP contribution in [0.15, 0.2) is 23.4 Å². The molecular formula is C10H16N2. The summed E-state index contributed by atoms with van der Waals surface area (Å²) in [6, 6.07) is 0. The van der Waals surface area contributed by atoms with E-state index in [9.17, 15) is 0 Å². The summed E-state index contributed by atoms with van der Waals surface area (Å²) < 4.78 is 0. The molecule has 0 amide bonds. The monoisotopic (exact) mass is 164 g/mol. The number of allylic oxidation sites excluding steroid dienone is 1. The lowest BCUT2D eigenvalue weighted by Gasteiger charge is -2.31. The Morgan fingerprint density at radius 2 is 2.08 bits per heavy atom. The molecule has 66 valence electrons. The highest BCUT2D eigenvalue weighted by atomic mass is 15.1. The van der Waals surface area contributed by atoms with Crippen molar-refractivity contribution in [2.45, 2.75) is 6.42 Å². The smallest absolute Gasteiger partial charge is 0.0398 e. The third-order valence-corrected chi connectivity index (χ3v) is 2.65. The van der Waals surface area contributed by atoms with Crippen LogP contribution in [0.5, 0.6) is 0 Å². The molecular weight excluding hydrogens is 148 g/mol. The number of hydrogen-bond acceptors (Lipinski definition) is 2. The molecule has 0 bridgehead atoms. The maximum Gasteiger partial charge on any atom is 0.0398 e. The summed E-state index contributed by atoms with van der Waals surface area (Å²) in [6.45, 7) is 3.49. The molecule has 2 aliphatic heterocycles. The first kappa shape index (κ1) is 7.87. The molecule has 0 aromatic heterocycles. The molecule has 0 aliphatic carbocycles. The lowest BCUT2D eigenvalue weighted by molar-refractivity contribution is 0.330. The molecule has 0 aromatic carbocycles. The van der Waals surface area contributed by atoms with Crippen LogP contribution in [-0.4, -0.2) is 43.5 Å². The lowest BCUT2D eigenvalue weighted by Crippen LogP contribution is -2.33. The fraction of sp³-hybridized carbons (Fsp3) is 0.600. The van der Waals surface area contributed by atoms with Gasteiger partial charge in [-0.15, -0.1) is 0 Å². The van der Waals surface area contributed by atoms with E-state index < -0.39 is 0 Å². The summed E-state index contributed by atoms with van der Waals surface area (Å²) in [7, 11) is 4.33. The van der Waals surface area contributed by atoms with Gasteiger partial charge in [-0.1, -0.05) is 0 Å². The van der Waals surface area contributed by atoms with Crippen LogP contribution in [0.2, 0.25) is 0 Å². The standard InChI is InChI=1S/C10H16N2/c1-11-5-3-9-4-6-12(2)8-10(9)7-11/h3,5H,4,6-8H2,1-2H3. The summed E-state index contributed by atoms with van der Waals surface area (Å²) >= 11 is 0. The highest BCUT2D eigenvalue weighted by Crippen LogP contribution is 2.21. The van der Waals surface area contributed by atoms with E-state index in [0.29, 0.717) is 0 Å². The van der Waals surface area contributed by atoms with Crippen LogP contribution in [-0.2, 0) is 0 Å². The summed E-state index contributed by atoms with van der Waals surface area (Å²) in [5.74, 6) is 0. The first-order valence-corrected chi connectivity index (χ1v) is 4.53. The maximum absolute atomic E-state index is 2.39. The molecule has 2 heterocycles. The predicted octanol–water partition coefficient (Wildman–Crippen LogP) is 1.08. The Morgan fingerprint density at radius 3 is 2.92 bits per heavy atom. The van der Waals surface area contributed by atoms with Gasteiger partial charge in [0.15, 0.2) is 0 Å². The van der Waals surface area contributed by atoms with Gasteiger partial charge in [0.05, 0.1) is 0 Å². The normalized spacial score (nSPS) is 24.7. The Kier molecular flexibility index (Phi) is 1.93. The molecule has 2 rings (SSSR count). The molecule has 12 heavy (non-hydrogen) atoms. The predicted molar refractivity (Wildman–Crippen MR) is 50.9 cm³/mol. The van der Waals surface area contributed by atoms with Crippen molar-refractivity contribution in [2.75, 3.05) is 33.7 Å². The molecule has 0 N–H and O–H groups in total. The fourth-order valence-electron chi connectivity index (χ4n) is 1.92. The SMILES string of the molecule is CN1C=CC2=C(C1)CN(C)CC2. The largest absolute Gasteiger partial charge is 0.376 e. The minimum Gasteiger partial charge on any atom is -0.376 e. The topological polar surface area (TPSA) is 6.48 Å². The molecule has 2 aliphatic rings. The van der Waals surface area contributed by atoms with Gasteiger partial charge in [-0.3, -0.25) is 0 Å². The second kappa shape index (κ2) is 2.94. The maximum atomic E-state index is 2.39. The number of rotatable bonds is 0. The molecule has 0 spiro atoms. The molecule has 0 unspecified atom stereocenters. The molecule has 2 heteroatoms. The Balaban J connectivity index is 2.18. The minimum absolute atomic E-state index is 1.12. The van der Waals surface area contributed by atoms with Crippen LogP contribution in [0, 0.1) is 0 Å². The fourth-order valence-corrected chi connectivity index (χ4v) is 1.92. The second-order valence-corrected chi connectivity index (χ2v) is 3.85. The molecule has 0 saturated carbocycles. The third-order valence-electron chi connectivity index (χ3n) is 2.65. The van der Waals surface area contributed by atoms with Gasteiger partial charge in [0.25, 0.3) is 0 Å². The molecule has 2 nitrogen and oxygen atoms in total. The Bertz CT molecular complexity index is 240. The van der Waals surface area contributed by atoms with Crippen LogP contribution >= 0.6 is 0 Å². The van der Waals surface area contributed by atoms with Crippen molar-refractivity contribution >= 4 is 0 Å².